The van der Waals surface area contributed by atoms with Crippen LogP contribution < -0.4 is 10.6 Å². The Labute approximate surface area is 224 Å². The molecule has 0 aliphatic carbocycles. The molecule has 0 saturated heterocycles. The molecular formula is C28H31F3N2O6. The third-order valence-corrected chi connectivity index (χ3v) is 5.68. The van der Waals surface area contributed by atoms with Crippen molar-refractivity contribution in [3.63, 3.8) is 0 Å². The summed E-state index contributed by atoms with van der Waals surface area (Å²) in [5.41, 5.74) is -3.56. The van der Waals surface area contributed by atoms with E-state index in [0.29, 0.717) is 26.5 Å². The molecule has 0 bridgehead atoms. The average molecular weight is 549 g/mol. The van der Waals surface area contributed by atoms with Gasteiger partial charge in [0.15, 0.2) is 6.10 Å². The number of aliphatic hydroxyl groups is 1. The maximum atomic E-state index is 14.0. The van der Waals surface area contributed by atoms with Crippen molar-refractivity contribution >= 4 is 23.9 Å². The van der Waals surface area contributed by atoms with Gasteiger partial charge in [0.2, 0.25) is 11.8 Å². The number of benzene rings is 2. The minimum atomic E-state index is -5.21. The molecule has 0 fully saturated rings. The molecule has 0 saturated carbocycles. The van der Waals surface area contributed by atoms with Gasteiger partial charge < -0.3 is 25.2 Å². The SMILES string of the molecule is C=C(C(=O)NCCCCNC(=O)/C=C/c1ccccc1)[C@H](CO)OC(=O)[C@](OC)(c1ccccc1)C(F)(F)F. The number of carbonyl (C=O) groups excluding carboxylic acids is 3. The summed E-state index contributed by atoms with van der Waals surface area (Å²) in [7, 11) is 0.708. The standard InChI is InChI=1S/C28H31F3N2O6/c1-20(25(36)33-18-10-9-17-32-24(35)16-15-21-11-5-3-6-12-21)23(19-34)39-26(37)27(38-2,28(29,30)31)22-13-7-4-8-14-22/h3-8,11-16,23,34H,1,9-10,17-19H2,2H3,(H,32,35)(H,33,36)/b16-15+/t23-,27+/m0/s1. The van der Waals surface area contributed by atoms with Crippen molar-refractivity contribution in [2.24, 2.45) is 0 Å². The van der Waals surface area contributed by atoms with E-state index in [1.807, 2.05) is 30.3 Å². The number of esters is 1. The molecule has 0 aliphatic heterocycles. The van der Waals surface area contributed by atoms with E-state index in [9.17, 15) is 32.7 Å². The number of nitrogens with one attached hydrogen (secondary N) is 2. The topological polar surface area (TPSA) is 114 Å². The lowest BCUT2D eigenvalue weighted by atomic mass is 9.92. The van der Waals surface area contributed by atoms with E-state index < -0.39 is 47.5 Å². The van der Waals surface area contributed by atoms with Gasteiger partial charge >= 0.3 is 12.1 Å². The molecule has 0 heterocycles. The summed E-state index contributed by atoms with van der Waals surface area (Å²) in [6.45, 7) is 2.99. The van der Waals surface area contributed by atoms with Crippen LogP contribution in [0.1, 0.15) is 24.0 Å². The Kier molecular flexibility index (Phi) is 11.9. The van der Waals surface area contributed by atoms with Crippen LogP contribution in [0.25, 0.3) is 6.08 Å². The van der Waals surface area contributed by atoms with Gasteiger partial charge in [-0.3, -0.25) is 9.59 Å². The molecule has 11 heteroatoms. The summed E-state index contributed by atoms with van der Waals surface area (Å²) in [6, 6.07) is 15.5. The number of amides is 2. The van der Waals surface area contributed by atoms with Crippen LogP contribution in [0.2, 0.25) is 0 Å². The molecule has 0 aliphatic rings. The molecule has 0 spiro atoms. The molecule has 0 unspecified atom stereocenters. The van der Waals surface area contributed by atoms with Gasteiger partial charge in [0.1, 0.15) is 0 Å². The largest absolute Gasteiger partial charge is 0.452 e. The van der Waals surface area contributed by atoms with Gasteiger partial charge in [0, 0.05) is 31.8 Å². The van der Waals surface area contributed by atoms with Gasteiger partial charge in [-0.1, -0.05) is 67.2 Å². The van der Waals surface area contributed by atoms with Crippen molar-refractivity contribution in [1.82, 2.24) is 10.6 Å². The van der Waals surface area contributed by atoms with Crippen LogP contribution in [0.5, 0.6) is 0 Å². The van der Waals surface area contributed by atoms with Gasteiger partial charge in [0.05, 0.1) is 12.2 Å². The lowest BCUT2D eigenvalue weighted by Crippen LogP contribution is -2.53. The molecule has 210 valence electrons. The summed E-state index contributed by atoms with van der Waals surface area (Å²) in [4.78, 5) is 37.1. The van der Waals surface area contributed by atoms with Crippen molar-refractivity contribution < 1.29 is 42.1 Å². The van der Waals surface area contributed by atoms with Gasteiger partial charge in [-0.05, 0) is 24.5 Å². The van der Waals surface area contributed by atoms with E-state index in [0.717, 1.165) is 17.7 Å². The van der Waals surface area contributed by atoms with Crippen molar-refractivity contribution in [2.75, 3.05) is 26.8 Å². The first-order chi connectivity index (χ1) is 18.6. The molecule has 2 amide bonds. The summed E-state index contributed by atoms with van der Waals surface area (Å²) in [6.07, 6.45) is -2.89. The number of unbranched alkanes of at least 4 members (excludes halogenated alkanes) is 1. The van der Waals surface area contributed by atoms with Gasteiger partial charge in [-0.2, -0.15) is 13.2 Å². The number of alkyl halides is 3. The maximum Gasteiger partial charge on any atom is 0.432 e. The van der Waals surface area contributed by atoms with Crippen LogP contribution in [0.3, 0.4) is 0 Å². The number of hydrogen-bond donors (Lipinski definition) is 3. The highest BCUT2D eigenvalue weighted by Crippen LogP contribution is 2.43. The first kappa shape index (κ1) is 31.3. The minimum absolute atomic E-state index is 0.147. The van der Waals surface area contributed by atoms with Crippen LogP contribution in [0, 0.1) is 0 Å². The van der Waals surface area contributed by atoms with Crippen molar-refractivity contribution in [1.29, 1.82) is 0 Å². The quantitative estimate of drug-likeness (QED) is 0.190. The van der Waals surface area contributed by atoms with Crippen LogP contribution in [-0.4, -0.2) is 62.0 Å². The van der Waals surface area contributed by atoms with Crippen LogP contribution in [0.15, 0.2) is 78.9 Å². The number of methoxy groups -OCH3 is 1. The minimum Gasteiger partial charge on any atom is -0.452 e. The van der Waals surface area contributed by atoms with E-state index >= 15 is 0 Å². The van der Waals surface area contributed by atoms with Crippen LogP contribution in [0.4, 0.5) is 13.2 Å². The fourth-order valence-electron chi connectivity index (χ4n) is 3.54. The lowest BCUT2D eigenvalue weighted by molar-refractivity contribution is -0.278. The zero-order valence-electron chi connectivity index (χ0n) is 21.4. The summed E-state index contributed by atoms with van der Waals surface area (Å²) in [5.74, 6) is -2.94. The average Bonchev–Trinajstić information content (AvgIpc) is 2.93. The smallest absolute Gasteiger partial charge is 0.432 e. The zero-order chi connectivity index (χ0) is 28.9. The van der Waals surface area contributed by atoms with E-state index in [4.69, 9.17) is 4.74 Å². The number of hydrogen-bond acceptors (Lipinski definition) is 6. The molecule has 0 aromatic heterocycles. The summed E-state index contributed by atoms with van der Waals surface area (Å²) >= 11 is 0. The molecule has 0 radical (unpaired) electrons. The van der Waals surface area contributed by atoms with E-state index in [2.05, 4.69) is 21.9 Å². The third kappa shape index (κ3) is 8.52. The number of rotatable bonds is 14. The Morgan fingerprint density at radius 1 is 0.974 bits per heavy atom. The molecule has 2 aromatic carbocycles. The molecule has 2 aromatic rings. The Morgan fingerprint density at radius 2 is 1.54 bits per heavy atom. The maximum absolute atomic E-state index is 14.0. The first-order valence-electron chi connectivity index (χ1n) is 12.0. The predicted molar refractivity (Wildman–Crippen MR) is 138 cm³/mol. The Morgan fingerprint density at radius 3 is 2.08 bits per heavy atom. The first-order valence-corrected chi connectivity index (χ1v) is 12.0. The van der Waals surface area contributed by atoms with Crippen molar-refractivity contribution in [3.8, 4) is 0 Å². The fraction of sp³-hybridized carbons (Fsp3) is 0.321. The number of halogens is 3. The van der Waals surface area contributed by atoms with Crippen molar-refractivity contribution in [2.45, 2.75) is 30.7 Å². The van der Waals surface area contributed by atoms with Crippen LogP contribution >= 0.6 is 0 Å². The molecule has 39 heavy (non-hydrogen) atoms. The second-order valence-corrected chi connectivity index (χ2v) is 8.35. The fourth-order valence-corrected chi connectivity index (χ4v) is 3.54. The number of aliphatic hydroxyl groups excluding tert-OH is 1. The second kappa shape index (κ2) is 14.8. The monoisotopic (exact) mass is 548 g/mol. The predicted octanol–water partition coefficient (Wildman–Crippen LogP) is 3.28. The highest BCUT2D eigenvalue weighted by atomic mass is 19.4. The molecule has 3 N–H and O–H groups in total. The van der Waals surface area contributed by atoms with Crippen molar-refractivity contribution in [3.05, 3.63) is 90.0 Å². The Balaban J connectivity index is 1.85. The van der Waals surface area contributed by atoms with Gasteiger partial charge in [-0.25, -0.2) is 4.79 Å². The highest BCUT2D eigenvalue weighted by molar-refractivity contribution is 5.94. The summed E-state index contributed by atoms with van der Waals surface area (Å²) < 4.78 is 51.7. The number of carbonyl (C=O) groups is 3. The number of ether oxygens (including phenoxy) is 2. The molecule has 2 atom stereocenters. The lowest BCUT2D eigenvalue weighted by Gasteiger charge is -2.33. The molecular weight excluding hydrogens is 517 g/mol. The Hall–Kier alpha value is -3.96. The third-order valence-electron chi connectivity index (χ3n) is 5.68. The normalized spacial score (nSPS) is 13.8. The molecule has 8 nitrogen and oxygen atoms in total. The van der Waals surface area contributed by atoms with Crippen LogP contribution in [-0.2, 0) is 29.5 Å². The summed E-state index contributed by atoms with van der Waals surface area (Å²) in [5, 5.41) is 14.8. The van der Waals surface area contributed by atoms with E-state index in [1.54, 1.807) is 6.08 Å². The Bertz CT molecular complexity index is 1140. The van der Waals surface area contributed by atoms with Gasteiger partial charge in [0.25, 0.3) is 5.60 Å². The highest BCUT2D eigenvalue weighted by Gasteiger charge is 2.64. The second-order valence-electron chi connectivity index (χ2n) is 8.35. The van der Waals surface area contributed by atoms with E-state index in [1.165, 1.54) is 24.3 Å². The molecule has 2 rings (SSSR count). The van der Waals surface area contributed by atoms with Gasteiger partial charge in [-0.15, -0.1) is 0 Å². The van der Waals surface area contributed by atoms with E-state index in [-0.39, 0.29) is 12.5 Å². The zero-order valence-corrected chi connectivity index (χ0v) is 21.4.